The summed E-state index contributed by atoms with van der Waals surface area (Å²) >= 11 is 0. The Labute approximate surface area is 117 Å². The highest BCUT2D eigenvalue weighted by molar-refractivity contribution is 6.00. The first-order valence-electron chi connectivity index (χ1n) is 6.40. The third-order valence-electron chi connectivity index (χ3n) is 2.79. The van der Waals surface area contributed by atoms with E-state index < -0.39 is 11.9 Å². The summed E-state index contributed by atoms with van der Waals surface area (Å²) in [5.41, 5.74) is 0.311. The Kier molecular flexibility index (Phi) is 5.43. The van der Waals surface area contributed by atoms with E-state index in [1.54, 1.807) is 6.92 Å². The lowest BCUT2D eigenvalue weighted by atomic mass is 9.96. The predicted octanol–water partition coefficient (Wildman–Crippen LogP) is 2.77. The Balaban J connectivity index is 3.19. The summed E-state index contributed by atoms with van der Waals surface area (Å²) in [4.78, 5) is 34.3. The molecule has 1 aromatic carbocycles. The summed E-state index contributed by atoms with van der Waals surface area (Å²) < 4.78 is 9.95. The zero-order valence-electron chi connectivity index (χ0n) is 12.1. The van der Waals surface area contributed by atoms with Crippen molar-refractivity contribution in [2.24, 2.45) is 5.92 Å². The van der Waals surface area contributed by atoms with Crippen LogP contribution in [0.5, 0.6) is 11.5 Å². The molecule has 0 heterocycles. The van der Waals surface area contributed by atoms with E-state index in [0.29, 0.717) is 12.0 Å². The molecule has 5 heteroatoms. The van der Waals surface area contributed by atoms with Crippen molar-refractivity contribution < 1.29 is 23.9 Å². The van der Waals surface area contributed by atoms with Crippen molar-refractivity contribution in [2.45, 2.75) is 34.1 Å². The van der Waals surface area contributed by atoms with Crippen LogP contribution >= 0.6 is 0 Å². The van der Waals surface area contributed by atoms with E-state index in [0.717, 1.165) is 0 Å². The molecule has 0 unspecified atom stereocenters. The minimum Gasteiger partial charge on any atom is -0.427 e. The second-order valence-electron chi connectivity index (χ2n) is 4.52. The Morgan fingerprint density at radius 3 is 2.20 bits per heavy atom. The van der Waals surface area contributed by atoms with Crippen LogP contribution in [0.25, 0.3) is 0 Å². The smallest absolute Gasteiger partial charge is 0.308 e. The first-order valence-corrected chi connectivity index (χ1v) is 6.40. The molecule has 0 aliphatic carbocycles. The van der Waals surface area contributed by atoms with E-state index in [2.05, 4.69) is 0 Å². The van der Waals surface area contributed by atoms with Gasteiger partial charge in [0.25, 0.3) is 0 Å². The highest BCUT2D eigenvalue weighted by atomic mass is 16.5. The van der Waals surface area contributed by atoms with E-state index in [4.69, 9.17) is 9.47 Å². The topological polar surface area (TPSA) is 69.7 Å². The molecule has 0 bridgehead atoms. The van der Waals surface area contributed by atoms with E-state index in [1.807, 2.05) is 6.92 Å². The first-order chi connectivity index (χ1) is 9.35. The molecular weight excluding hydrogens is 260 g/mol. The van der Waals surface area contributed by atoms with Gasteiger partial charge < -0.3 is 9.47 Å². The summed E-state index contributed by atoms with van der Waals surface area (Å²) in [6.07, 6.45) is 0.685. The van der Waals surface area contributed by atoms with Crippen LogP contribution in [-0.2, 0) is 9.59 Å². The zero-order chi connectivity index (χ0) is 15.3. The highest BCUT2D eigenvalue weighted by Crippen LogP contribution is 2.28. The molecule has 0 N–H and O–H groups in total. The maximum Gasteiger partial charge on any atom is 0.308 e. The maximum atomic E-state index is 12.2. The van der Waals surface area contributed by atoms with E-state index in [1.165, 1.54) is 32.0 Å². The number of esters is 2. The Hall–Kier alpha value is -2.17. The van der Waals surface area contributed by atoms with Gasteiger partial charge in [0.15, 0.2) is 5.78 Å². The molecule has 0 aliphatic rings. The van der Waals surface area contributed by atoms with Gasteiger partial charge in [0.2, 0.25) is 0 Å². The van der Waals surface area contributed by atoms with Crippen molar-refractivity contribution in [3.8, 4) is 11.5 Å². The molecular formula is C15H18O5. The molecule has 0 spiro atoms. The largest absolute Gasteiger partial charge is 0.427 e. The van der Waals surface area contributed by atoms with Crippen LogP contribution in [-0.4, -0.2) is 17.7 Å². The molecule has 1 atom stereocenters. The van der Waals surface area contributed by atoms with Crippen LogP contribution in [0.3, 0.4) is 0 Å². The Bertz CT molecular complexity index is 533. The number of Topliss-reactive ketones (excluding diaryl/α,β-unsaturated/α-hetero) is 1. The number of carbonyl (C=O) groups excluding carboxylic acids is 3. The van der Waals surface area contributed by atoms with Gasteiger partial charge in [0.05, 0.1) is 5.56 Å². The molecule has 20 heavy (non-hydrogen) atoms. The predicted molar refractivity (Wildman–Crippen MR) is 72.8 cm³/mol. The molecule has 1 rings (SSSR count). The van der Waals surface area contributed by atoms with Crippen LogP contribution in [0.1, 0.15) is 44.5 Å². The average Bonchev–Trinajstić information content (AvgIpc) is 2.36. The first kappa shape index (κ1) is 15.9. The minimum absolute atomic E-state index is 0.113. The van der Waals surface area contributed by atoms with Gasteiger partial charge in [-0.15, -0.1) is 0 Å². The van der Waals surface area contributed by atoms with Crippen LogP contribution in [0.4, 0.5) is 0 Å². The molecule has 0 saturated carbocycles. The quantitative estimate of drug-likeness (QED) is 0.470. The van der Waals surface area contributed by atoms with Gasteiger partial charge in [-0.05, 0) is 18.6 Å². The third kappa shape index (κ3) is 4.19. The molecule has 0 fully saturated rings. The van der Waals surface area contributed by atoms with Gasteiger partial charge in [0, 0.05) is 25.8 Å². The van der Waals surface area contributed by atoms with E-state index >= 15 is 0 Å². The second-order valence-corrected chi connectivity index (χ2v) is 4.52. The van der Waals surface area contributed by atoms with E-state index in [-0.39, 0.29) is 23.2 Å². The van der Waals surface area contributed by atoms with Crippen molar-refractivity contribution in [3.05, 3.63) is 23.8 Å². The molecule has 0 aromatic heterocycles. The van der Waals surface area contributed by atoms with Crippen LogP contribution in [0.2, 0.25) is 0 Å². The van der Waals surface area contributed by atoms with Gasteiger partial charge in [-0.3, -0.25) is 14.4 Å². The average molecular weight is 278 g/mol. The zero-order valence-corrected chi connectivity index (χ0v) is 12.1. The Morgan fingerprint density at radius 2 is 1.70 bits per heavy atom. The summed E-state index contributed by atoms with van der Waals surface area (Å²) in [5, 5.41) is 0. The summed E-state index contributed by atoms with van der Waals surface area (Å²) in [5.74, 6) is -0.971. The van der Waals surface area contributed by atoms with Crippen molar-refractivity contribution in [2.75, 3.05) is 0 Å². The fourth-order valence-corrected chi connectivity index (χ4v) is 1.63. The molecule has 0 saturated heterocycles. The van der Waals surface area contributed by atoms with Crippen LogP contribution in [0, 0.1) is 5.92 Å². The number of ether oxygens (including phenoxy) is 2. The highest BCUT2D eigenvalue weighted by Gasteiger charge is 2.20. The lowest BCUT2D eigenvalue weighted by Crippen LogP contribution is -2.14. The normalized spacial score (nSPS) is 11.6. The number of hydrogen-bond donors (Lipinski definition) is 0. The SMILES string of the molecule is CC[C@H](C)C(=O)c1ccc(OC(C)=O)cc1OC(C)=O. The van der Waals surface area contributed by atoms with Gasteiger partial charge in [-0.1, -0.05) is 13.8 Å². The number of carbonyl (C=O) groups is 3. The van der Waals surface area contributed by atoms with Gasteiger partial charge in [0.1, 0.15) is 11.5 Å². The molecule has 0 radical (unpaired) electrons. The number of rotatable bonds is 5. The molecule has 1 aromatic rings. The van der Waals surface area contributed by atoms with Crippen molar-refractivity contribution in [1.82, 2.24) is 0 Å². The van der Waals surface area contributed by atoms with Crippen LogP contribution < -0.4 is 9.47 Å². The van der Waals surface area contributed by atoms with Gasteiger partial charge >= 0.3 is 11.9 Å². The lowest BCUT2D eigenvalue weighted by Gasteiger charge is -2.13. The standard InChI is InChI=1S/C15H18O5/c1-5-9(2)15(18)13-7-6-12(19-10(3)16)8-14(13)20-11(4)17/h6-9H,5H2,1-4H3/t9-/m0/s1. The second kappa shape index (κ2) is 6.84. The van der Waals surface area contributed by atoms with Gasteiger partial charge in [-0.25, -0.2) is 0 Å². The van der Waals surface area contributed by atoms with Crippen molar-refractivity contribution >= 4 is 17.7 Å². The molecule has 0 aliphatic heterocycles. The summed E-state index contributed by atoms with van der Waals surface area (Å²) in [6.45, 7) is 6.22. The number of benzene rings is 1. The molecule has 5 nitrogen and oxygen atoms in total. The van der Waals surface area contributed by atoms with Gasteiger partial charge in [-0.2, -0.15) is 0 Å². The minimum atomic E-state index is -0.539. The number of hydrogen-bond acceptors (Lipinski definition) is 5. The van der Waals surface area contributed by atoms with Crippen molar-refractivity contribution in [1.29, 1.82) is 0 Å². The Morgan fingerprint density at radius 1 is 1.10 bits per heavy atom. The lowest BCUT2D eigenvalue weighted by molar-refractivity contribution is -0.132. The number of ketones is 1. The fraction of sp³-hybridized carbons (Fsp3) is 0.400. The summed E-state index contributed by atoms with van der Waals surface area (Å²) in [7, 11) is 0. The van der Waals surface area contributed by atoms with E-state index in [9.17, 15) is 14.4 Å². The molecule has 108 valence electrons. The fourth-order valence-electron chi connectivity index (χ4n) is 1.63. The molecule has 0 amide bonds. The third-order valence-corrected chi connectivity index (χ3v) is 2.79. The van der Waals surface area contributed by atoms with Crippen LogP contribution in [0.15, 0.2) is 18.2 Å². The monoisotopic (exact) mass is 278 g/mol. The van der Waals surface area contributed by atoms with Crippen molar-refractivity contribution in [3.63, 3.8) is 0 Å². The summed E-state index contributed by atoms with van der Waals surface area (Å²) in [6, 6.07) is 4.38. The maximum absolute atomic E-state index is 12.2.